The van der Waals surface area contributed by atoms with E-state index in [0.29, 0.717) is 12.8 Å². The molecular formula is C33H60O5. The SMILES string of the molecule is CCCCCC/C=C\C/C=C\CCCCCCCCCC(=O)OC(CO)COC(=O)CCCCCCCC. The molecule has 38 heavy (non-hydrogen) atoms. The van der Waals surface area contributed by atoms with Crippen molar-refractivity contribution in [2.24, 2.45) is 0 Å². The van der Waals surface area contributed by atoms with Crippen LogP contribution in [0.3, 0.4) is 0 Å². The number of ether oxygens (including phenoxy) is 2. The van der Waals surface area contributed by atoms with Crippen LogP contribution in [0.5, 0.6) is 0 Å². The number of allylic oxidation sites excluding steroid dienone is 4. The molecule has 0 spiro atoms. The summed E-state index contributed by atoms with van der Waals surface area (Å²) in [6.07, 6.45) is 32.5. The van der Waals surface area contributed by atoms with Crippen molar-refractivity contribution in [2.45, 2.75) is 161 Å². The van der Waals surface area contributed by atoms with Crippen molar-refractivity contribution in [2.75, 3.05) is 13.2 Å². The van der Waals surface area contributed by atoms with Crippen molar-refractivity contribution in [1.29, 1.82) is 0 Å². The van der Waals surface area contributed by atoms with Gasteiger partial charge in [-0.15, -0.1) is 0 Å². The average Bonchev–Trinajstić information content (AvgIpc) is 2.92. The van der Waals surface area contributed by atoms with Crippen LogP contribution < -0.4 is 0 Å². The van der Waals surface area contributed by atoms with E-state index in [1.54, 1.807) is 0 Å². The zero-order chi connectivity index (χ0) is 27.9. The number of aliphatic hydroxyl groups excluding tert-OH is 1. The van der Waals surface area contributed by atoms with Crippen LogP contribution in [-0.2, 0) is 19.1 Å². The van der Waals surface area contributed by atoms with Crippen molar-refractivity contribution < 1.29 is 24.2 Å². The highest BCUT2D eigenvalue weighted by molar-refractivity contribution is 5.70. The molecule has 0 aromatic heterocycles. The third kappa shape index (κ3) is 27.4. The van der Waals surface area contributed by atoms with Crippen LogP contribution in [0.2, 0.25) is 0 Å². The Kier molecular flexibility index (Phi) is 28.7. The number of aliphatic hydroxyl groups is 1. The standard InChI is InChI=1S/C33H60O5/c1-3-5-7-9-11-12-13-14-15-16-17-18-19-20-21-22-24-26-28-33(36)38-31(29-34)30-37-32(35)27-25-23-10-8-6-4-2/h12-13,15-16,31,34H,3-11,14,17-30H2,1-2H3/b13-12-,16-15-. The Morgan fingerprint density at radius 3 is 1.58 bits per heavy atom. The van der Waals surface area contributed by atoms with Crippen LogP contribution in [0, 0.1) is 0 Å². The minimum absolute atomic E-state index is 0.0675. The summed E-state index contributed by atoms with van der Waals surface area (Å²) in [5, 5.41) is 9.44. The molecule has 0 aliphatic rings. The smallest absolute Gasteiger partial charge is 0.306 e. The Balaban J connectivity index is 3.57. The third-order valence-corrected chi connectivity index (χ3v) is 6.75. The molecule has 0 aliphatic carbocycles. The van der Waals surface area contributed by atoms with Gasteiger partial charge < -0.3 is 14.6 Å². The topological polar surface area (TPSA) is 72.8 Å². The Hall–Kier alpha value is -1.62. The average molecular weight is 537 g/mol. The summed E-state index contributed by atoms with van der Waals surface area (Å²) in [7, 11) is 0. The van der Waals surface area contributed by atoms with Crippen LogP contribution >= 0.6 is 0 Å². The number of carbonyl (C=O) groups is 2. The summed E-state index contributed by atoms with van der Waals surface area (Å²) >= 11 is 0. The molecule has 0 radical (unpaired) electrons. The summed E-state index contributed by atoms with van der Waals surface area (Å²) in [5.74, 6) is -0.610. The van der Waals surface area contributed by atoms with Gasteiger partial charge in [-0.2, -0.15) is 0 Å². The highest BCUT2D eigenvalue weighted by atomic mass is 16.6. The molecule has 0 saturated heterocycles. The number of unbranched alkanes of at least 4 members (excludes halogenated alkanes) is 16. The Morgan fingerprint density at radius 2 is 1.05 bits per heavy atom. The van der Waals surface area contributed by atoms with Crippen LogP contribution in [0.25, 0.3) is 0 Å². The van der Waals surface area contributed by atoms with E-state index in [-0.39, 0.29) is 25.2 Å². The fourth-order valence-corrected chi connectivity index (χ4v) is 4.29. The molecule has 1 N–H and O–H groups in total. The predicted octanol–water partition coefficient (Wildman–Crippen LogP) is 9.17. The van der Waals surface area contributed by atoms with Gasteiger partial charge in [0.1, 0.15) is 6.61 Å². The maximum Gasteiger partial charge on any atom is 0.306 e. The fourth-order valence-electron chi connectivity index (χ4n) is 4.29. The second-order valence-corrected chi connectivity index (χ2v) is 10.5. The third-order valence-electron chi connectivity index (χ3n) is 6.75. The van der Waals surface area contributed by atoms with E-state index in [4.69, 9.17) is 9.47 Å². The van der Waals surface area contributed by atoms with Gasteiger partial charge in [0.2, 0.25) is 0 Å². The molecule has 0 aromatic rings. The van der Waals surface area contributed by atoms with Crippen molar-refractivity contribution in [3.63, 3.8) is 0 Å². The van der Waals surface area contributed by atoms with Gasteiger partial charge >= 0.3 is 11.9 Å². The highest BCUT2D eigenvalue weighted by Crippen LogP contribution is 2.12. The van der Waals surface area contributed by atoms with E-state index in [0.717, 1.165) is 51.4 Å². The molecule has 0 aliphatic heterocycles. The van der Waals surface area contributed by atoms with Gasteiger partial charge in [-0.3, -0.25) is 9.59 Å². The lowest BCUT2D eigenvalue weighted by Gasteiger charge is -2.15. The van der Waals surface area contributed by atoms with Crippen LogP contribution in [-0.4, -0.2) is 36.4 Å². The van der Waals surface area contributed by atoms with E-state index >= 15 is 0 Å². The molecule has 0 bridgehead atoms. The van der Waals surface area contributed by atoms with Crippen molar-refractivity contribution >= 4 is 11.9 Å². The van der Waals surface area contributed by atoms with E-state index < -0.39 is 6.10 Å². The molecule has 5 heteroatoms. The van der Waals surface area contributed by atoms with Gasteiger partial charge in [0.05, 0.1) is 6.61 Å². The summed E-state index contributed by atoms with van der Waals surface area (Å²) in [5.41, 5.74) is 0. The maximum atomic E-state index is 12.0. The molecule has 1 atom stereocenters. The number of esters is 2. The molecule has 0 saturated carbocycles. The molecule has 0 aromatic carbocycles. The monoisotopic (exact) mass is 536 g/mol. The summed E-state index contributed by atoms with van der Waals surface area (Å²) < 4.78 is 10.5. The van der Waals surface area contributed by atoms with Crippen LogP contribution in [0.15, 0.2) is 24.3 Å². The minimum Gasteiger partial charge on any atom is -0.462 e. The minimum atomic E-state index is -0.767. The number of hydrogen-bond donors (Lipinski definition) is 1. The first-order valence-corrected chi connectivity index (χ1v) is 15.9. The van der Waals surface area contributed by atoms with Gasteiger partial charge in [0, 0.05) is 12.8 Å². The molecule has 222 valence electrons. The molecule has 0 rings (SSSR count). The van der Waals surface area contributed by atoms with Crippen LogP contribution in [0.4, 0.5) is 0 Å². The second kappa shape index (κ2) is 29.9. The Morgan fingerprint density at radius 1 is 0.605 bits per heavy atom. The molecule has 5 nitrogen and oxygen atoms in total. The fraction of sp³-hybridized carbons (Fsp3) is 0.818. The number of carbonyl (C=O) groups excluding carboxylic acids is 2. The molecule has 0 amide bonds. The summed E-state index contributed by atoms with van der Waals surface area (Å²) in [6.45, 7) is 4.03. The molecule has 0 heterocycles. The second-order valence-electron chi connectivity index (χ2n) is 10.5. The normalized spacial score (nSPS) is 12.4. The van der Waals surface area contributed by atoms with Gasteiger partial charge in [0.15, 0.2) is 6.10 Å². The number of rotatable bonds is 28. The van der Waals surface area contributed by atoms with Gasteiger partial charge in [-0.25, -0.2) is 0 Å². The van der Waals surface area contributed by atoms with E-state index in [1.165, 1.54) is 77.0 Å². The van der Waals surface area contributed by atoms with Crippen molar-refractivity contribution in [3.8, 4) is 0 Å². The Bertz CT molecular complexity index is 584. The van der Waals surface area contributed by atoms with E-state index in [1.807, 2.05) is 0 Å². The summed E-state index contributed by atoms with van der Waals surface area (Å²) in [6, 6.07) is 0. The van der Waals surface area contributed by atoms with Crippen molar-refractivity contribution in [1.82, 2.24) is 0 Å². The van der Waals surface area contributed by atoms with Crippen LogP contribution in [0.1, 0.15) is 155 Å². The first-order chi connectivity index (χ1) is 18.6. The van der Waals surface area contributed by atoms with E-state index in [2.05, 4.69) is 38.2 Å². The highest BCUT2D eigenvalue weighted by Gasteiger charge is 2.16. The largest absolute Gasteiger partial charge is 0.462 e. The van der Waals surface area contributed by atoms with Gasteiger partial charge in [-0.05, 0) is 44.9 Å². The lowest BCUT2D eigenvalue weighted by molar-refractivity contribution is -0.161. The maximum absolute atomic E-state index is 12.0. The first-order valence-electron chi connectivity index (χ1n) is 15.9. The predicted molar refractivity (Wildman–Crippen MR) is 159 cm³/mol. The van der Waals surface area contributed by atoms with E-state index in [9.17, 15) is 14.7 Å². The molecule has 0 fully saturated rings. The first kappa shape index (κ1) is 36.4. The zero-order valence-electron chi connectivity index (χ0n) is 24.9. The van der Waals surface area contributed by atoms with Gasteiger partial charge in [-0.1, -0.05) is 122 Å². The van der Waals surface area contributed by atoms with Gasteiger partial charge in [0.25, 0.3) is 0 Å². The molecular weight excluding hydrogens is 476 g/mol. The zero-order valence-corrected chi connectivity index (χ0v) is 24.9. The Labute approximate surface area is 234 Å². The lowest BCUT2D eigenvalue weighted by atomic mass is 10.1. The lowest BCUT2D eigenvalue weighted by Crippen LogP contribution is -2.28. The summed E-state index contributed by atoms with van der Waals surface area (Å²) in [4.78, 5) is 23.9. The molecule has 1 unspecified atom stereocenters. The number of hydrogen-bond acceptors (Lipinski definition) is 5. The van der Waals surface area contributed by atoms with Crippen molar-refractivity contribution in [3.05, 3.63) is 24.3 Å². The quantitative estimate of drug-likeness (QED) is 0.0613.